The smallest absolute Gasteiger partial charge is 0.159 e. The number of rotatable bonds is 4. The fourth-order valence-corrected chi connectivity index (χ4v) is 2.00. The van der Waals surface area contributed by atoms with E-state index in [-0.39, 0.29) is 10.5 Å². The Balaban J connectivity index is 2.12. The zero-order valence-electron chi connectivity index (χ0n) is 11.9. The fourth-order valence-electron chi connectivity index (χ4n) is 1.83. The van der Waals surface area contributed by atoms with Crippen LogP contribution in [0.4, 0.5) is 0 Å². The predicted molar refractivity (Wildman–Crippen MR) is 86.1 cm³/mol. The van der Waals surface area contributed by atoms with Crippen LogP contribution < -0.4 is 4.74 Å². The second-order valence-electron chi connectivity index (χ2n) is 5.33. The second kappa shape index (κ2) is 5.71. The Kier molecular flexibility index (Phi) is 4.19. The van der Waals surface area contributed by atoms with Crippen LogP contribution in [0.3, 0.4) is 0 Å². The van der Waals surface area contributed by atoms with Gasteiger partial charge in [0, 0.05) is 11.1 Å². The molecule has 104 valence electrons. The molecule has 0 heterocycles. The van der Waals surface area contributed by atoms with Gasteiger partial charge in [-0.3, -0.25) is 4.79 Å². The first-order valence-electron chi connectivity index (χ1n) is 6.51. The molecular weight excluding hydrogens is 268 g/mol. The molecule has 0 amide bonds. The summed E-state index contributed by atoms with van der Waals surface area (Å²) in [6, 6.07) is 15.1. The molecule has 0 fully saturated rings. The van der Waals surface area contributed by atoms with Crippen molar-refractivity contribution in [2.45, 2.75) is 25.5 Å². The molecular formula is C17H19O2S+. The third kappa shape index (κ3) is 3.64. The monoisotopic (exact) mass is 287 g/mol. The van der Waals surface area contributed by atoms with Crippen LogP contribution in [0.15, 0.2) is 48.5 Å². The van der Waals surface area contributed by atoms with Crippen molar-refractivity contribution < 1.29 is 9.53 Å². The molecule has 0 saturated carbocycles. The maximum Gasteiger partial charge on any atom is 0.159 e. The molecule has 2 rings (SSSR count). The van der Waals surface area contributed by atoms with Crippen LogP contribution in [-0.4, -0.2) is 5.78 Å². The number of Topliss-reactive ketones (excluding diaryl/α,β-unsaturated/α-hetero) is 1. The first kappa shape index (κ1) is 14.7. The highest BCUT2D eigenvalue weighted by Gasteiger charge is 2.20. The molecule has 0 saturated heterocycles. The molecule has 0 aliphatic rings. The van der Waals surface area contributed by atoms with Crippen LogP contribution in [0.5, 0.6) is 11.5 Å². The van der Waals surface area contributed by atoms with Crippen LogP contribution in [0, 0.1) is 0 Å². The molecule has 0 bridgehead atoms. The van der Waals surface area contributed by atoms with E-state index in [4.69, 9.17) is 4.74 Å². The third-order valence-corrected chi connectivity index (χ3v) is 3.36. The van der Waals surface area contributed by atoms with E-state index in [1.54, 1.807) is 31.2 Å². The van der Waals surface area contributed by atoms with E-state index in [0.717, 1.165) is 11.5 Å². The number of ether oxygens (including phenoxy) is 1. The highest BCUT2D eigenvalue weighted by Crippen LogP contribution is 2.26. The number of carbonyl (C=O) groups is 1. The average Bonchev–Trinajstić information content (AvgIpc) is 2.39. The molecule has 3 heteroatoms. The van der Waals surface area contributed by atoms with E-state index in [9.17, 15) is 4.79 Å². The fraction of sp³-hybridized carbons (Fsp3) is 0.235. The molecule has 2 aromatic rings. The number of benzene rings is 2. The number of ketones is 1. The summed E-state index contributed by atoms with van der Waals surface area (Å²) in [7, 11) is 0. The van der Waals surface area contributed by atoms with Crippen molar-refractivity contribution in [2.75, 3.05) is 0 Å². The van der Waals surface area contributed by atoms with Gasteiger partial charge in [-0.25, -0.2) is 0 Å². The minimum atomic E-state index is -0.0539. The Bertz CT molecular complexity index is 592. The lowest BCUT2D eigenvalue weighted by molar-refractivity contribution is 0.101. The molecule has 0 aliphatic carbocycles. The van der Waals surface area contributed by atoms with Crippen LogP contribution in [-0.2, 0) is 17.4 Å². The van der Waals surface area contributed by atoms with Crippen LogP contribution in [0.2, 0.25) is 0 Å². The normalized spacial score (nSPS) is 11.2. The topological polar surface area (TPSA) is 26.3 Å². The average molecular weight is 287 g/mol. The summed E-state index contributed by atoms with van der Waals surface area (Å²) in [5.74, 6) is 1.56. The van der Waals surface area contributed by atoms with Gasteiger partial charge < -0.3 is 4.74 Å². The van der Waals surface area contributed by atoms with E-state index in [2.05, 4.69) is 26.5 Å². The number of carbonyl (C=O) groups excluding carboxylic acids is 1. The molecule has 2 nitrogen and oxygen atoms in total. The van der Waals surface area contributed by atoms with Crippen molar-refractivity contribution in [3.05, 3.63) is 59.7 Å². The summed E-state index contributed by atoms with van der Waals surface area (Å²) >= 11 is 3.68. The first-order chi connectivity index (χ1) is 9.36. The lowest BCUT2D eigenvalue weighted by atomic mass is 10.0. The molecule has 0 radical (unpaired) electrons. The predicted octanol–water partition coefficient (Wildman–Crippen LogP) is 3.93. The summed E-state index contributed by atoms with van der Waals surface area (Å²) in [6.45, 7) is 5.75. The van der Waals surface area contributed by atoms with Gasteiger partial charge in [0.25, 0.3) is 0 Å². The molecule has 0 N–H and O–H groups in total. The summed E-state index contributed by atoms with van der Waals surface area (Å²) in [6.07, 6.45) is 0. The van der Waals surface area contributed by atoms with Gasteiger partial charge in [-0.15, -0.1) is 0 Å². The van der Waals surface area contributed by atoms with E-state index in [1.165, 1.54) is 5.56 Å². The Morgan fingerprint density at radius 3 is 1.80 bits per heavy atom. The van der Waals surface area contributed by atoms with Crippen molar-refractivity contribution >= 4 is 18.4 Å². The molecule has 2 aromatic carbocycles. The van der Waals surface area contributed by atoms with E-state index in [1.807, 2.05) is 24.3 Å². The van der Waals surface area contributed by atoms with E-state index in [0.29, 0.717) is 5.56 Å². The summed E-state index contributed by atoms with van der Waals surface area (Å²) in [4.78, 5) is 11.2. The Morgan fingerprint density at radius 1 is 0.950 bits per heavy atom. The molecule has 0 spiro atoms. The van der Waals surface area contributed by atoms with Crippen molar-refractivity contribution in [3.8, 4) is 11.5 Å². The standard InChI is InChI=1S/C17H18O2S/c1-12(18)13-4-8-15(9-5-13)19-16-10-6-14(7-11-16)17(2,3)20/h4-11,20H,1-3H3/p+1. The van der Waals surface area contributed by atoms with Crippen molar-refractivity contribution in [1.29, 1.82) is 0 Å². The lowest BCUT2D eigenvalue weighted by Crippen LogP contribution is -2.11. The Morgan fingerprint density at radius 2 is 1.40 bits per heavy atom. The van der Waals surface area contributed by atoms with Gasteiger partial charge >= 0.3 is 0 Å². The summed E-state index contributed by atoms with van der Waals surface area (Å²) in [5, 5.41) is 0. The number of hydrogen-bond donors (Lipinski definition) is 0. The van der Waals surface area contributed by atoms with Crippen molar-refractivity contribution in [3.63, 3.8) is 0 Å². The van der Waals surface area contributed by atoms with Gasteiger partial charge in [0.1, 0.15) is 16.2 Å². The molecule has 0 unspecified atom stereocenters. The summed E-state index contributed by atoms with van der Waals surface area (Å²) in [5.41, 5.74) is 1.88. The van der Waals surface area contributed by atoms with Gasteiger partial charge in [0.05, 0.1) is 0 Å². The van der Waals surface area contributed by atoms with Gasteiger partial charge in [-0.1, -0.05) is 12.1 Å². The Hall–Kier alpha value is -1.74. The maximum atomic E-state index is 11.2. The lowest BCUT2D eigenvalue weighted by Gasteiger charge is -2.12. The zero-order valence-corrected chi connectivity index (χ0v) is 12.9. The molecule has 0 aliphatic heterocycles. The van der Waals surface area contributed by atoms with Crippen molar-refractivity contribution in [2.24, 2.45) is 0 Å². The van der Waals surface area contributed by atoms with Gasteiger partial charge in [-0.05, 0) is 69.8 Å². The number of hydrogen-bond acceptors (Lipinski definition) is 2. The molecule has 0 atom stereocenters. The van der Waals surface area contributed by atoms with E-state index >= 15 is 0 Å². The van der Waals surface area contributed by atoms with Crippen LogP contribution in [0.25, 0.3) is 0 Å². The van der Waals surface area contributed by atoms with Gasteiger partial charge in [0.15, 0.2) is 5.78 Å². The highest BCUT2D eigenvalue weighted by atomic mass is 32.1. The van der Waals surface area contributed by atoms with Crippen LogP contribution in [0.1, 0.15) is 36.7 Å². The van der Waals surface area contributed by atoms with Crippen LogP contribution >= 0.6 is 0 Å². The molecule has 0 aromatic heterocycles. The van der Waals surface area contributed by atoms with Gasteiger partial charge in [0.2, 0.25) is 0 Å². The first-order valence-corrected chi connectivity index (χ1v) is 7.01. The quantitative estimate of drug-likeness (QED) is 0.629. The SMILES string of the molecule is CC(=O)c1ccc(Oc2ccc(C(C)(C)[SH2+])cc2)cc1. The summed E-state index contributed by atoms with van der Waals surface area (Å²) < 4.78 is 5.70. The third-order valence-electron chi connectivity index (χ3n) is 3.07. The second-order valence-corrected chi connectivity index (χ2v) is 6.58. The van der Waals surface area contributed by atoms with E-state index < -0.39 is 0 Å². The Labute approximate surface area is 125 Å². The highest BCUT2D eigenvalue weighted by molar-refractivity contribution is 7.59. The minimum absolute atomic E-state index is 0.0539. The maximum absolute atomic E-state index is 11.2. The van der Waals surface area contributed by atoms with Crippen molar-refractivity contribution in [1.82, 2.24) is 0 Å². The molecule has 20 heavy (non-hydrogen) atoms. The largest absolute Gasteiger partial charge is 0.457 e. The minimum Gasteiger partial charge on any atom is -0.457 e. The van der Waals surface area contributed by atoms with Gasteiger partial charge in [-0.2, -0.15) is 0 Å². The zero-order chi connectivity index (χ0) is 14.8.